The Bertz CT molecular complexity index is 668. The first-order chi connectivity index (χ1) is 9.57. The van der Waals surface area contributed by atoms with Gasteiger partial charge in [-0.1, -0.05) is 6.92 Å². The van der Waals surface area contributed by atoms with Gasteiger partial charge in [0, 0.05) is 0 Å². The number of aliphatic carboxylic acids is 1. The molecule has 0 aromatic carbocycles. The molecule has 1 unspecified atom stereocenters. The van der Waals surface area contributed by atoms with Gasteiger partial charge in [-0.15, -0.1) is 11.3 Å². The van der Waals surface area contributed by atoms with Crippen molar-refractivity contribution in [3.63, 3.8) is 0 Å². The molecule has 0 amide bonds. The molecular formula is C11H14BrNO6S2. The van der Waals surface area contributed by atoms with Crippen molar-refractivity contribution in [1.29, 1.82) is 0 Å². The second-order valence-corrected chi connectivity index (χ2v) is 8.36. The fourth-order valence-corrected chi connectivity index (χ4v) is 5.28. The van der Waals surface area contributed by atoms with Crippen LogP contribution in [0.5, 0.6) is 0 Å². The van der Waals surface area contributed by atoms with Crippen molar-refractivity contribution in [3.05, 3.63) is 14.7 Å². The summed E-state index contributed by atoms with van der Waals surface area (Å²) in [6.45, 7) is 2.83. The molecule has 0 aliphatic carbocycles. The smallest absolute Gasteiger partial charge is 0.348 e. The SMILES string of the molecule is CCC(C)(NS(=O)(=O)c1cc(C(=O)OC)sc1Br)C(=O)O. The van der Waals surface area contributed by atoms with Crippen LogP contribution in [0.2, 0.25) is 0 Å². The zero-order valence-electron chi connectivity index (χ0n) is 11.5. The number of hydrogen-bond acceptors (Lipinski definition) is 6. The van der Waals surface area contributed by atoms with E-state index in [1.807, 2.05) is 0 Å². The molecule has 1 aromatic rings. The summed E-state index contributed by atoms with van der Waals surface area (Å²) in [5.41, 5.74) is -1.63. The van der Waals surface area contributed by atoms with Crippen molar-refractivity contribution in [1.82, 2.24) is 4.72 Å². The molecule has 0 fully saturated rings. The Morgan fingerprint density at radius 2 is 2.10 bits per heavy atom. The molecule has 21 heavy (non-hydrogen) atoms. The number of carbonyl (C=O) groups excluding carboxylic acids is 1. The van der Waals surface area contributed by atoms with Crippen molar-refractivity contribution in [3.8, 4) is 0 Å². The third-order valence-electron chi connectivity index (χ3n) is 2.87. The van der Waals surface area contributed by atoms with Gasteiger partial charge in [0.15, 0.2) is 0 Å². The zero-order chi connectivity index (χ0) is 16.4. The highest BCUT2D eigenvalue weighted by atomic mass is 79.9. The van der Waals surface area contributed by atoms with Gasteiger partial charge in [0.1, 0.15) is 15.3 Å². The number of hydrogen-bond donors (Lipinski definition) is 2. The van der Waals surface area contributed by atoms with Crippen molar-refractivity contribution in [2.75, 3.05) is 7.11 Å². The van der Waals surface area contributed by atoms with Crippen molar-refractivity contribution in [2.45, 2.75) is 30.7 Å². The minimum atomic E-state index is -4.10. The van der Waals surface area contributed by atoms with Crippen LogP contribution in [-0.4, -0.2) is 38.1 Å². The fourth-order valence-electron chi connectivity index (χ4n) is 1.36. The van der Waals surface area contributed by atoms with E-state index in [1.165, 1.54) is 14.0 Å². The number of rotatable bonds is 6. The van der Waals surface area contributed by atoms with E-state index in [0.29, 0.717) is 0 Å². The number of carboxylic acid groups (broad SMARTS) is 1. The summed E-state index contributed by atoms with van der Waals surface area (Å²) < 4.78 is 31.5. The fraction of sp³-hybridized carbons (Fsp3) is 0.455. The van der Waals surface area contributed by atoms with Crippen LogP contribution in [-0.2, 0) is 19.6 Å². The van der Waals surface area contributed by atoms with Crippen molar-refractivity contribution < 1.29 is 27.9 Å². The third kappa shape index (κ3) is 3.82. The van der Waals surface area contributed by atoms with Gasteiger partial charge in [0.05, 0.1) is 10.9 Å². The first-order valence-corrected chi connectivity index (χ1v) is 8.81. The van der Waals surface area contributed by atoms with Crippen LogP contribution < -0.4 is 4.72 Å². The van der Waals surface area contributed by atoms with Gasteiger partial charge in [-0.05, 0) is 35.3 Å². The number of carboxylic acids is 1. The van der Waals surface area contributed by atoms with Gasteiger partial charge in [-0.3, -0.25) is 4.79 Å². The molecule has 0 aliphatic heterocycles. The summed E-state index contributed by atoms with van der Waals surface area (Å²) in [4.78, 5) is 22.5. The lowest BCUT2D eigenvalue weighted by atomic mass is 10.0. The van der Waals surface area contributed by atoms with E-state index < -0.39 is 27.5 Å². The molecule has 1 atom stereocenters. The van der Waals surface area contributed by atoms with E-state index in [-0.39, 0.29) is 20.0 Å². The molecule has 7 nitrogen and oxygen atoms in total. The lowest BCUT2D eigenvalue weighted by Gasteiger charge is -2.24. The molecule has 0 radical (unpaired) electrons. The average Bonchev–Trinajstić information content (AvgIpc) is 2.80. The summed E-state index contributed by atoms with van der Waals surface area (Å²) in [6.07, 6.45) is 0.0627. The minimum Gasteiger partial charge on any atom is -0.480 e. The lowest BCUT2D eigenvalue weighted by molar-refractivity contribution is -0.143. The molecule has 118 valence electrons. The average molecular weight is 400 g/mol. The molecule has 1 rings (SSSR count). The van der Waals surface area contributed by atoms with Crippen LogP contribution in [0.3, 0.4) is 0 Å². The monoisotopic (exact) mass is 399 g/mol. The maximum absolute atomic E-state index is 12.3. The molecule has 0 spiro atoms. The molecule has 10 heteroatoms. The molecule has 0 saturated heterocycles. The largest absolute Gasteiger partial charge is 0.480 e. The van der Waals surface area contributed by atoms with Crippen LogP contribution in [0.4, 0.5) is 0 Å². The van der Waals surface area contributed by atoms with Gasteiger partial charge >= 0.3 is 11.9 Å². The molecule has 0 bridgehead atoms. The lowest BCUT2D eigenvalue weighted by Crippen LogP contribution is -2.51. The maximum atomic E-state index is 12.3. The van der Waals surface area contributed by atoms with E-state index in [2.05, 4.69) is 25.4 Å². The van der Waals surface area contributed by atoms with E-state index >= 15 is 0 Å². The zero-order valence-corrected chi connectivity index (χ0v) is 14.7. The first-order valence-electron chi connectivity index (χ1n) is 5.72. The predicted octanol–water partition coefficient (Wildman–Crippen LogP) is 1.83. The number of halogens is 1. The van der Waals surface area contributed by atoms with Gasteiger partial charge < -0.3 is 9.84 Å². The van der Waals surface area contributed by atoms with Crippen LogP contribution >= 0.6 is 27.3 Å². The summed E-state index contributed by atoms with van der Waals surface area (Å²) >= 11 is 3.95. The van der Waals surface area contributed by atoms with Gasteiger partial charge in [-0.25, -0.2) is 13.2 Å². The van der Waals surface area contributed by atoms with Gasteiger partial charge in [0.25, 0.3) is 0 Å². The molecule has 0 aliphatic rings. The van der Waals surface area contributed by atoms with E-state index in [1.54, 1.807) is 6.92 Å². The molecule has 2 N–H and O–H groups in total. The normalized spacial score (nSPS) is 14.5. The number of carbonyl (C=O) groups is 2. The highest BCUT2D eigenvalue weighted by molar-refractivity contribution is 9.11. The Morgan fingerprint density at radius 1 is 1.52 bits per heavy atom. The number of sulfonamides is 1. The Morgan fingerprint density at radius 3 is 2.52 bits per heavy atom. The highest BCUT2D eigenvalue weighted by Gasteiger charge is 2.37. The molecule has 0 saturated carbocycles. The second kappa shape index (κ2) is 6.42. The Labute approximate surface area is 134 Å². The molecular weight excluding hydrogens is 386 g/mol. The number of methoxy groups -OCH3 is 1. The van der Waals surface area contributed by atoms with Crippen LogP contribution in [0.15, 0.2) is 14.7 Å². The summed E-state index contributed by atoms with van der Waals surface area (Å²) in [5, 5.41) is 9.13. The summed E-state index contributed by atoms with van der Waals surface area (Å²) in [5.74, 6) is -1.95. The quantitative estimate of drug-likeness (QED) is 0.705. The third-order valence-corrected chi connectivity index (χ3v) is 6.70. The highest BCUT2D eigenvalue weighted by Crippen LogP contribution is 2.32. The summed E-state index contributed by atoms with van der Waals surface area (Å²) in [6, 6.07) is 1.14. The van der Waals surface area contributed by atoms with E-state index in [0.717, 1.165) is 17.4 Å². The van der Waals surface area contributed by atoms with Crippen molar-refractivity contribution >= 4 is 49.2 Å². The van der Waals surface area contributed by atoms with Gasteiger partial charge in [-0.2, -0.15) is 4.72 Å². The number of thiophene rings is 1. The Hall–Kier alpha value is -0.970. The van der Waals surface area contributed by atoms with Crippen LogP contribution in [0.25, 0.3) is 0 Å². The number of nitrogens with one attached hydrogen (secondary N) is 1. The van der Waals surface area contributed by atoms with Crippen LogP contribution in [0.1, 0.15) is 29.9 Å². The summed E-state index contributed by atoms with van der Waals surface area (Å²) in [7, 11) is -2.92. The second-order valence-electron chi connectivity index (χ2n) is 4.34. The van der Waals surface area contributed by atoms with E-state index in [9.17, 15) is 18.0 Å². The first kappa shape index (κ1) is 18.1. The van der Waals surface area contributed by atoms with E-state index in [4.69, 9.17) is 5.11 Å². The van der Waals surface area contributed by atoms with Crippen molar-refractivity contribution in [2.24, 2.45) is 0 Å². The topological polar surface area (TPSA) is 110 Å². The number of ether oxygens (including phenoxy) is 1. The maximum Gasteiger partial charge on any atom is 0.348 e. The number of esters is 1. The van der Waals surface area contributed by atoms with Crippen LogP contribution in [0, 0.1) is 0 Å². The molecule has 1 aromatic heterocycles. The Balaban J connectivity index is 3.23. The standard InChI is InChI=1S/C11H14BrNO6S2/c1-4-11(2,10(15)16)13-21(17,18)7-5-6(9(14)19-3)20-8(7)12/h5,13H,4H2,1-3H3,(H,15,16). The van der Waals surface area contributed by atoms with Gasteiger partial charge in [0.2, 0.25) is 10.0 Å². The minimum absolute atomic E-state index is 0.0627. The Kier molecular flexibility index (Phi) is 5.53. The molecule has 1 heterocycles. The predicted molar refractivity (Wildman–Crippen MR) is 80.0 cm³/mol.